The van der Waals surface area contributed by atoms with Crippen molar-refractivity contribution < 1.29 is 24.0 Å². The molecule has 1 aliphatic rings. The third-order valence-corrected chi connectivity index (χ3v) is 4.80. The quantitative estimate of drug-likeness (QED) is 0.384. The molecule has 3 amide bonds. The first kappa shape index (κ1) is 19.8. The highest BCUT2D eigenvalue weighted by Gasteiger charge is 2.36. The zero-order chi connectivity index (χ0) is 22.1. The van der Waals surface area contributed by atoms with E-state index in [1.807, 2.05) is 0 Å². The van der Waals surface area contributed by atoms with Crippen LogP contribution in [0.1, 0.15) is 31.1 Å². The van der Waals surface area contributed by atoms with Crippen molar-refractivity contribution in [2.75, 3.05) is 17.3 Å². The van der Waals surface area contributed by atoms with Gasteiger partial charge in [-0.25, -0.2) is 4.90 Å². The number of benzene rings is 3. The van der Waals surface area contributed by atoms with Crippen LogP contribution in [-0.2, 0) is 0 Å². The summed E-state index contributed by atoms with van der Waals surface area (Å²) in [7, 11) is 1.37. The number of carbonyl (C=O) groups excluding carboxylic acids is 3. The lowest BCUT2D eigenvalue weighted by molar-refractivity contribution is -0.384. The summed E-state index contributed by atoms with van der Waals surface area (Å²) in [6, 6.07) is 16.3. The standard InChI is InChI=1S/C22H15N3O6/c1-31-19-10-9-15(25(29)30)12-18(19)23-20(26)13-5-4-6-14(11-13)24-21(27)16-7-2-3-8-17(16)22(24)28/h2-12H,1H3,(H,23,26). The van der Waals surface area contributed by atoms with E-state index in [2.05, 4.69) is 5.32 Å². The number of nitrogens with zero attached hydrogens (tertiary/aromatic N) is 2. The molecule has 31 heavy (non-hydrogen) atoms. The van der Waals surface area contributed by atoms with Crippen molar-refractivity contribution in [1.29, 1.82) is 0 Å². The molecule has 0 aromatic heterocycles. The van der Waals surface area contributed by atoms with Crippen molar-refractivity contribution in [3.05, 3.63) is 93.5 Å². The second-order valence-corrected chi connectivity index (χ2v) is 6.64. The fraction of sp³-hybridized carbons (Fsp3) is 0.0455. The van der Waals surface area contributed by atoms with Gasteiger partial charge in [0.1, 0.15) is 5.75 Å². The highest BCUT2D eigenvalue weighted by atomic mass is 16.6. The normalized spacial score (nSPS) is 12.5. The summed E-state index contributed by atoms with van der Waals surface area (Å²) in [5.41, 5.74) is 0.892. The topological polar surface area (TPSA) is 119 Å². The molecule has 0 fully saturated rings. The number of carbonyl (C=O) groups is 3. The molecule has 3 aromatic rings. The van der Waals surface area contributed by atoms with Gasteiger partial charge in [-0.2, -0.15) is 0 Å². The van der Waals surface area contributed by atoms with Crippen LogP contribution in [0.25, 0.3) is 0 Å². The number of imide groups is 1. The van der Waals surface area contributed by atoms with Crippen molar-refractivity contribution in [3.8, 4) is 5.75 Å². The maximum absolute atomic E-state index is 12.8. The smallest absolute Gasteiger partial charge is 0.271 e. The minimum atomic E-state index is -0.586. The van der Waals surface area contributed by atoms with Crippen molar-refractivity contribution in [2.24, 2.45) is 0 Å². The zero-order valence-electron chi connectivity index (χ0n) is 16.2. The molecule has 0 saturated carbocycles. The second kappa shape index (κ2) is 7.71. The van der Waals surface area contributed by atoms with Gasteiger partial charge in [-0.05, 0) is 36.4 Å². The van der Waals surface area contributed by atoms with Crippen LogP contribution in [0.2, 0.25) is 0 Å². The Bertz CT molecular complexity index is 1220. The first-order chi connectivity index (χ1) is 14.9. The van der Waals surface area contributed by atoms with Gasteiger partial charge in [0.2, 0.25) is 0 Å². The third kappa shape index (κ3) is 3.48. The average Bonchev–Trinajstić information content (AvgIpc) is 3.04. The Hall–Kier alpha value is -4.53. The van der Waals surface area contributed by atoms with Crippen LogP contribution in [-0.4, -0.2) is 29.8 Å². The van der Waals surface area contributed by atoms with E-state index in [4.69, 9.17) is 4.74 Å². The molecule has 9 heteroatoms. The Balaban J connectivity index is 1.63. The largest absolute Gasteiger partial charge is 0.495 e. The molecule has 0 atom stereocenters. The van der Waals surface area contributed by atoms with E-state index in [0.717, 1.165) is 4.90 Å². The summed E-state index contributed by atoms with van der Waals surface area (Å²) in [6.07, 6.45) is 0. The number of hydrogen-bond acceptors (Lipinski definition) is 6. The molecule has 3 aromatic carbocycles. The highest BCUT2D eigenvalue weighted by molar-refractivity contribution is 6.34. The minimum absolute atomic E-state index is 0.118. The van der Waals surface area contributed by atoms with E-state index in [9.17, 15) is 24.5 Å². The Morgan fingerprint density at radius 2 is 1.65 bits per heavy atom. The SMILES string of the molecule is COc1ccc([N+](=O)[O-])cc1NC(=O)c1cccc(N2C(=O)c3ccccc3C2=O)c1. The van der Waals surface area contributed by atoms with E-state index in [1.54, 1.807) is 36.4 Å². The van der Waals surface area contributed by atoms with E-state index < -0.39 is 22.6 Å². The van der Waals surface area contributed by atoms with Crippen LogP contribution in [0.5, 0.6) is 5.75 Å². The first-order valence-corrected chi connectivity index (χ1v) is 9.12. The van der Waals surface area contributed by atoms with Gasteiger partial charge in [0.15, 0.2) is 0 Å². The Labute approximate surface area is 176 Å². The van der Waals surface area contributed by atoms with Crippen molar-refractivity contribution in [1.82, 2.24) is 0 Å². The predicted molar refractivity (Wildman–Crippen MR) is 112 cm³/mol. The summed E-state index contributed by atoms with van der Waals surface area (Å²) < 4.78 is 5.15. The first-order valence-electron chi connectivity index (χ1n) is 9.12. The average molecular weight is 417 g/mol. The van der Waals surface area contributed by atoms with Crippen LogP contribution in [0.15, 0.2) is 66.7 Å². The lowest BCUT2D eigenvalue weighted by atomic mass is 10.1. The second-order valence-electron chi connectivity index (χ2n) is 6.64. The number of ether oxygens (including phenoxy) is 1. The van der Waals surface area contributed by atoms with Gasteiger partial charge in [-0.3, -0.25) is 24.5 Å². The highest BCUT2D eigenvalue weighted by Crippen LogP contribution is 2.31. The summed E-state index contributed by atoms with van der Waals surface area (Å²) >= 11 is 0. The van der Waals surface area contributed by atoms with Crippen LogP contribution in [0.4, 0.5) is 17.1 Å². The number of nitro benzene ring substituents is 1. The molecule has 0 unspecified atom stereocenters. The van der Waals surface area contributed by atoms with Gasteiger partial charge in [-0.15, -0.1) is 0 Å². The van der Waals surface area contributed by atoms with Gasteiger partial charge in [0, 0.05) is 17.7 Å². The number of amides is 3. The molecule has 0 radical (unpaired) electrons. The summed E-state index contributed by atoms with van der Waals surface area (Å²) in [5, 5.41) is 13.6. The molecule has 0 bridgehead atoms. The number of methoxy groups -OCH3 is 1. The monoisotopic (exact) mass is 417 g/mol. The maximum atomic E-state index is 12.8. The Kier molecular flexibility index (Phi) is 4.92. The van der Waals surface area contributed by atoms with Crippen molar-refractivity contribution in [3.63, 3.8) is 0 Å². The van der Waals surface area contributed by atoms with Gasteiger partial charge in [0.05, 0.1) is 34.5 Å². The number of non-ortho nitro benzene ring substituents is 1. The summed E-state index contributed by atoms with van der Waals surface area (Å²) in [6.45, 7) is 0. The van der Waals surface area contributed by atoms with Gasteiger partial charge >= 0.3 is 0 Å². The number of nitro groups is 1. The van der Waals surface area contributed by atoms with E-state index in [-0.39, 0.29) is 28.4 Å². The van der Waals surface area contributed by atoms with Crippen LogP contribution in [0.3, 0.4) is 0 Å². The Morgan fingerprint density at radius 1 is 0.968 bits per heavy atom. The molecule has 1 heterocycles. The van der Waals surface area contributed by atoms with E-state index >= 15 is 0 Å². The molecule has 9 nitrogen and oxygen atoms in total. The summed E-state index contributed by atoms with van der Waals surface area (Å²) in [4.78, 5) is 49.6. The lowest BCUT2D eigenvalue weighted by Crippen LogP contribution is -2.29. The summed E-state index contributed by atoms with van der Waals surface area (Å²) in [5.74, 6) is -1.29. The number of rotatable bonds is 5. The van der Waals surface area contributed by atoms with Gasteiger partial charge in [0.25, 0.3) is 23.4 Å². The van der Waals surface area contributed by atoms with Crippen molar-refractivity contribution >= 4 is 34.8 Å². The Morgan fingerprint density at radius 3 is 2.26 bits per heavy atom. The van der Waals surface area contributed by atoms with Crippen LogP contribution in [0, 0.1) is 10.1 Å². The molecule has 1 aliphatic heterocycles. The molecular weight excluding hydrogens is 402 g/mol. The molecular formula is C22H15N3O6. The molecule has 0 saturated heterocycles. The number of anilines is 2. The van der Waals surface area contributed by atoms with Crippen molar-refractivity contribution in [2.45, 2.75) is 0 Å². The zero-order valence-corrected chi connectivity index (χ0v) is 16.2. The maximum Gasteiger partial charge on any atom is 0.271 e. The fourth-order valence-corrected chi connectivity index (χ4v) is 3.31. The number of nitrogens with one attached hydrogen (secondary N) is 1. The molecule has 0 spiro atoms. The van der Waals surface area contributed by atoms with E-state index in [0.29, 0.717) is 11.1 Å². The van der Waals surface area contributed by atoms with E-state index in [1.165, 1.54) is 37.4 Å². The minimum Gasteiger partial charge on any atom is -0.495 e. The predicted octanol–water partition coefficient (Wildman–Crippen LogP) is 3.66. The number of hydrogen-bond donors (Lipinski definition) is 1. The van der Waals surface area contributed by atoms with Gasteiger partial charge < -0.3 is 10.1 Å². The van der Waals surface area contributed by atoms with Crippen LogP contribution < -0.4 is 15.0 Å². The molecule has 4 rings (SSSR count). The molecule has 0 aliphatic carbocycles. The number of fused-ring (bicyclic) bond motifs is 1. The lowest BCUT2D eigenvalue weighted by Gasteiger charge is -2.15. The molecule has 154 valence electrons. The third-order valence-electron chi connectivity index (χ3n) is 4.80. The fourth-order valence-electron chi connectivity index (χ4n) is 3.31. The molecule has 1 N–H and O–H groups in total. The van der Waals surface area contributed by atoms with Gasteiger partial charge in [-0.1, -0.05) is 18.2 Å². The van der Waals surface area contributed by atoms with Crippen LogP contribution >= 0.6 is 0 Å².